The zero-order valence-electron chi connectivity index (χ0n) is 23.4. The van der Waals surface area contributed by atoms with Crippen LogP contribution in [0, 0.1) is 0 Å². The average Bonchev–Trinajstić information content (AvgIpc) is 3.46. The Morgan fingerprint density at radius 1 is 1.02 bits per heavy atom. The number of hydrogen-bond donors (Lipinski definition) is 2. The molecule has 212 valence electrons. The summed E-state index contributed by atoms with van der Waals surface area (Å²) in [6.07, 6.45) is 5.05. The Morgan fingerprint density at radius 3 is 2.55 bits per heavy atom. The normalized spacial score (nSPS) is 20.9. The molecule has 0 spiro atoms. The number of likely N-dealkylation sites (tertiary alicyclic amines) is 1. The van der Waals surface area contributed by atoms with E-state index >= 15 is 0 Å². The lowest BCUT2D eigenvalue weighted by Gasteiger charge is -2.29. The Labute approximate surface area is 243 Å². The highest BCUT2D eigenvalue weighted by molar-refractivity contribution is 6.31. The largest absolute Gasteiger partial charge is 0.350 e. The SMILES string of the molecule is CCC(CN1CCC(CNC(=O)c2ccc3cc(Cl)ccc3c2)NC(CCN2CCCC2)C1=O)c1ccccc1. The Morgan fingerprint density at radius 2 is 1.77 bits per heavy atom. The zero-order valence-corrected chi connectivity index (χ0v) is 24.2. The molecule has 3 aromatic carbocycles. The Bertz CT molecular complexity index is 1290. The van der Waals surface area contributed by atoms with Crippen molar-refractivity contribution in [3.63, 3.8) is 0 Å². The third kappa shape index (κ3) is 7.22. The third-order valence-corrected chi connectivity index (χ3v) is 8.74. The number of nitrogens with zero attached hydrogens (tertiary/aromatic N) is 2. The Hall–Kier alpha value is -2.93. The maximum absolute atomic E-state index is 13.8. The molecule has 40 heavy (non-hydrogen) atoms. The van der Waals surface area contributed by atoms with Crippen molar-refractivity contribution in [2.24, 2.45) is 0 Å². The van der Waals surface area contributed by atoms with Gasteiger partial charge in [-0.15, -0.1) is 0 Å². The third-order valence-electron chi connectivity index (χ3n) is 8.50. The smallest absolute Gasteiger partial charge is 0.251 e. The van der Waals surface area contributed by atoms with Crippen molar-refractivity contribution in [2.45, 2.75) is 57.0 Å². The molecular formula is C33H41ClN4O2. The first-order valence-corrected chi connectivity index (χ1v) is 15.2. The Balaban J connectivity index is 1.25. The van der Waals surface area contributed by atoms with Crippen LogP contribution in [-0.4, -0.2) is 73.0 Å². The van der Waals surface area contributed by atoms with Gasteiger partial charge < -0.3 is 20.4 Å². The molecule has 2 aliphatic heterocycles. The van der Waals surface area contributed by atoms with Crippen LogP contribution in [0.2, 0.25) is 5.02 Å². The van der Waals surface area contributed by atoms with E-state index in [0.717, 1.165) is 56.2 Å². The van der Waals surface area contributed by atoms with Crippen molar-refractivity contribution in [1.29, 1.82) is 0 Å². The first-order valence-electron chi connectivity index (χ1n) is 14.8. The first kappa shape index (κ1) is 28.6. The van der Waals surface area contributed by atoms with Gasteiger partial charge in [0.25, 0.3) is 5.91 Å². The number of rotatable bonds is 10. The van der Waals surface area contributed by atoms with Crippen molar-refractivity contribution in [1.82, 2.24) is 20.4 Å². The number of benzene rings is 3. The van der Waals surface area contributed by atoms with Gasteiger partial charge in [-0.25, -0.2) is 0 Å². The minimum atomic E-state index is -0.247. The van der Waals surface area contributed by atoms with Gasteiger partial charge in [-0.2, -0.15) is 0 Å². The fourth-order valence-corrected chi connectivity index (χ4v) is 6.27. The molecule has 2 amide bonds. The second kappa shape index (κ2) is 13.6. The van der Waals surface area contributed by atoms with Crippen LogP contribution in [0.4, 0.5) is 0 Å². The summed E-state index contributed by atoms with van der Waals surface area (Å²) < 4.78 is 0. The van der Waals surface area contributed by atoms with E-state index in [-0.39, 0.29) is 23.9 Å². The number of hydrogen-bond acceptors (Lipinski definition) is 4. The number of carbonyl (C=O) groups is 2. The molecule has 2 fully saturated rings. The maximum Gasteiger partial charge on any atom is 0.251 e. The average molecular weight is 561 g/mol. The summed E-state index contributed by atoms with van der Waals surface area (Å²) in [4.78, 5) is 31.5. The topological polar surface area (TPSA) is 64.7 Å². The van der Waals surface area contributed by atoms with E-state index in [2.05, 4.69) is 51.6 Å². The number of amides is 2. The van der Waals surface area contributed by atoms with E-state index in [1.165, 1.54) is 18.4 Å². The zero-order chi connectivity index (χ0) is 27.9. The molecule has 2 N–H and O–H groups in total. The van der Waals surface area contributed by atoms with Crippen LogP contribution in [0.25, 0.3) is 10.8 Å². The first-order chi connectivity index (χ1) is 19.5. The van der Waals surface area contributed by atoms with Gasteiger partial charge in [0.15, 0.2) is 0 Å². The van der Waals surface area contributed by atoms with E-state index in [0.29, 0.717) is 29.6 Å². The van der Waals surface area contributed by atoms with E-state index in [4.69, 9.17) is 11.6 Å². The highest BCUT2D eigenvalue weighted by Gasteiger charge is 2.32. The fourth-order valence-electron chi connectivity index (χ4n) is 6.09. The van der Waals surface area contributed by atoms with E-state index in [1.807, 2.05) is 42.5 Å². The monoisotopic (exact) mass is 560 g/mol. The summed E-state index contributed by atoms with van der Waals surface area (Å²) in [5.74, 6) is 0.397. The van der Waals surface area contributed by atoms with E-state index < -0.39 is 0 Å². The van der Waals surface area contributed by atoms with Gasteiger partial charge >= 0.3 is 0 Å². The van der Waals surface area contributed by atoms with Gasteiger partial charge in [-0.05, 0) is 85.8 Å². The van der Waals surface area contributed by atoms with Gasteiger partial charge in [-0.1, -0.05) is 61.0 Å². The lowest BCUT2D eigenvalue weighted by Crippen LogP contribution is -2.50. The molecule has 7 heteroatoms. The molecule has 0 aromatic heterocycles. The van der Waals surface area contributed by atoms with Crippen molar-refractivity contribution >= 4 is 34.2 Å². The molecule has 0 aliphatic carbocycles. The molecule has 0 bridgehead atoms. The molecule has 0 radical (unpaired) electrons. The summed E-state index contributed by atoms with van der Waals surface area (Å²) in [6, 6.07) is 21.7. The molecule has 2 aliphatic rings. The highest BCUT2D eigenvalue weighted by atomic mass is 35.5. The summed E-state index contributed by atoms with van der Waals surface area (Å²) in [5, 5.41) is 9.45. The predicted octanol–water partition coefficient (Wildman–Crippen LogP) is 5.46. The number of halogens is 1. The quantitative estimate of drug-likeness (QED) is 0.345. The molecule has 6 nitrogen and oxygen atoms in total. The maximum atomic E-state index is 13.8. The molecule has 0 saturated carbocycles. The minimum absolute atomic E-state index is 0.0255. The fraction of sp³-hybridized carbons (Fsp3) is 0.455. The molecule has 3 aromatic rings. The van der Waals surface area contributed by atoms with Gasteiger partial charge in [0.2, 0.25) is 5.91 Å². The van der Waals surface area contributed by atoms with Gasteiger partial charge in [0, 0.05) is 48.7 Å². The van der Waals surface area contributed by atoms with Crippen LogP contribution < -0.4 is 10.6 Å². The van der Waals surface area contributed by atoms with Crippen molar-refractivity contribution in [3.8, 4) is 0 Å². The van der Waals surface area contributed by atoms with E-state index in [9.17, 15) is 9.59 Å². The van der Waals surface area contributed by atoms with Crippen LogP contribution in [-0.2, 0) is 4.79 Å². The van der Waals surface area contributed by atoms with Gasteiger partial charge in [0.05, 0.1) is 6.04 Å². The van der Waals surface area contributed by atoms with Crippen molar-refractivity contribution in [2.75, 3.05) is 39.3 Å². The molecule has 3 atom stereocenters. The number of carbonyl (C=O) groups excluding carboxylic acids is 2. The van der Waals surface area contributed by atoms with Crippen LogP contribution in [0.15, 0.2) is 66.7 Å². The Kier molecular flexibility index (Phi) is 9.74. The summed E-state index contributed by atoms with van der Waals surface area (Å²) in [5.41, 5.74) is 1.91. The van der Waals surface area contributed by atoms with Crippen LogP contribution in [0.3, 0.4) is 0 Å². The molecular weight excluding hydrogens is 520 g/mol. The summed E-state index contributed by atoms with van der Waals surface area (Å²) in [7, 11) is 0. The van der Waals surface area contributed by atoms with Crippen molar-refractivity contribution < 1.29 is 9.59 Å². The standard InChI is InChI=1S/C33H41ClN4O2/c1-2-24(25-8-4-3-5-9-25)23-38-19-14-30(36-31(33(38)40)15-18-37-16-6-7-17-37)22-35-32(39)28-11-10-27-21-29(34)13-12-26(27)20-28/h3-5,8-13,20-21,24,30-31,36H,2,6-7,14-19,22-23H2,1H3,(H,35,39). The lowest BCUT2D eigenvalue weighted by molar-refractivity contribution is -0.133. The van der Waals surface area contributed by atoms with E-state index in [1.54, 1.807) is 0 Å². The van der Waals surface area contributed by atoms with Crippen LogP contribution in [0.1, 0.15) is 60.9 Å². The molecule has 5 rings (SSSR count). The molecule has 2 heterocycles. The summed E-state index contributed by atoms with van der Waals surface area (Å²) in [6.45, 7) is 7.25. The highest BCUT2D eigenvalue weighted by Crippen LogP contribution is 2.24. The number of fused-ring (bicyclic) bond motifs is 1. The predicted molar refractivity (Wildman–Crippen MR) is 163 cm³/mol. The molecule has 3 unspecified atom stereocenters. The van der Waals surface area contributed by atoms with Crippen molar-refractivity contribution in [3.05, 3.63) is 82.9 Å². The second-order valence-corrected chi connectivity index (χ2v) is 11.7. The number of nitrogens with one attached hydrogen (secondary N) is 2. The lowest BCUT2D eigenvalue weighted by atomic mass is 9.95. The van der Waals surface area contributed by atoms with Crippen LogP contribution in [0.5, 0.6) is 0 Å². The van der Waals surface area contributed by atoms with Gasteiger partial charge in [0.1, 0.15) is 0 Å². The van der Waals surface area contributed by atoms with Gasteiger partial charge in [-0.3, -0.25) is 9.59 Å². The minimum Gasteiger partial charge on any atom is -0.350 e. The van der Waals surface area contributed by atoms with Crippen LogP contribution >= 0.6 is 11.6 Å². The summed E-state index contributed by atoms with van der Waals surface area (Å²) >= 11 is 6.11. The second-order valence-electron chi connectivity index (χ2n) is 11.3. The molecule has 2 saturated heterocycles.